The second-order valence-electron chi connectivity index (χ2n) is 6.80. The fraction of sp³-hybridized carbons (Fsp3) is 0.500. The van der Waals surface area contributed by atoms with Gasteiger partial charge in [-0.1, -0.05) is 43.2 Å². The van der Waals surface area contributed by atoms with Crippen LogP contribution in [-0.4, -0.2) is 29.7 Å². The van der Waals surface area contributed by atoms with Crippen LogP contribution in [-0.2, 0) is 9.84 Å². The highest BCUT2D eigenvalue weighted by Gasteiger charge is 2.32. The Hall–Kier alpha value is -1.62. The van der Waals surface area contributed by atoms with Crippen molar-refractivity contribution in [2.24, 2.45) is 0 Å². The van der Waals surface area contributed by atoms with Crippen LogP contribution in [0.1, 0.15) is 49.8 Å². The van der Waals surface area contributed by atoms with E-state index in [1.54, 1.807) is 0 Å². The fourth-order valence-electron chi connectivity index (χ4n) is 3.91. The Morgan fingerprint density at radius 3 is 2.43 bits per heavy atom. The number of nitrogens with zero attached hydrogens (tertiary/aromatic N) is 2. The Balaban J connectivity index is 1.76. The second kappa shape index (κ2) is 5.78. The lowest BCUT2D eigenvalue weighted by Crippen LogP contribution is -2.14. The summed E-state index contributed by atoms with van der Waals surface area (Å²) < 4.78 is 25.8. The normalized spacial score (nSPS) is 24.3. The minimum atomic E-state index is -2.91. The Bertz CT molecular complexity index is 790. The monoisotopic (exact) mass is 330 g/mol. The summed E-state index contributed by atoms with van der Waals surface area (Å²) in [4.78, 5) is 0. The molecule has 1 atom stereocenters. The van der Waals surface area contributed by atoms with Crippen molar-refractivity contribution in [1.29, 1.82) is 0 Å². The molecule has 122 valence electrons. The summed E-state index contributed by atoms with van der Waals surface area (Å²) in [5.74, 6) is 1.04. The maximum Gasteiger partial charge on any atom is 0.152 e. The zero-order chi connectivity index (χ0) is 15.9. The average Bonchev–Trinajstić information content (AvgIpc) is 3.25. The van der Waals surface area contributed by atoms with Crippen LogP contribution < -0.4 is 0 Å². The smallest absolute Gasteiger partial charge is 0.152 e. The number of hydrogen-bond donors (Lipinski definition) is 0. The first-order valence-electron chi connectivity index (χ1n) is 8.48. The molecule has 23 heavy (non-hydrogen) atoms. The van der Waals surface area contributed by atoms with E-state index >= 15 is 0 Å². The van der Waals surface area contributed by atoms with Gasteiger partial charge in [-0.25, -0.2) is 8.42 Å². The van der Waals surface area contributed by atoms with Crippen molar-refractivity contribution in [3.05, 3.63) is 42.1 Å². The number of benzene rings is 1. The van der Waals surface area contributed by atoms with Crippen molar-refractivity contribution in [2.75, 3.05) is 11.5 Å². The number of sulfone groups is 1. The van der Waals surface area contributed by atoms with Crippen molar-refractivity contribution in [3.8, 4) is 11.3 Å². The van der Waals surface area contributed by atoms with Crippen molar-refractivity contribution in [2.45, 2.75) is 44.1 Å². The van der Waals surface area contributed by atoms with Gasteiger partial charge in [0.2, 0.25) is 0 Å². The Morgan fingerprint density at radius 1 is 1.04 bits per heavy atom. The first-order chi connectivity index (χ1) is 11.1. The van der Waals surface area contributed by atoms with Crippen LogP contribution in [0.15, 0.2) is 36.4 Å². The second-order valence-corrected chi connectivity index (χ2v) is 9.03. The van der Waals surface area contributed by atoms with E-state index in [-0.39, 0.29) is 17.5 Å². The van der Waals surface area contributed by atoms with Crippen LogP contribution in [0.3, 0.4) is 0 Å². The summed E-state index contributed by atoms with van der Waals surface area (Å²) in [6, 6.07) is 12.4. The Morgan fingerprint density at radius 2 is 1.78 bits per heavy atom. The van der Waals surface area contributed by atoms with E-state index in [0.29, 0.717) is 12.3 Å². The number of hydrogen-bond acceptors (Lipinski definition) is 3. The SMILES string of the molecule is O=S1(=O)CCC(n2nc(C3CCCC3)cc2-c2ccccc2)C1. The van der Waals surface area contributed by atoms with Crippen molar-refractivity contribution < 1.29 is 8.42 Å². The van der Waals surface area contributed by atoms with Gasteiger partial charge in [0, 0.05) is 5.92 Å². The van der Waals surface area contributed by atoms with Gasteiger partial charge in [-0.05, 0) is 30.9 Å². The van der Waals surface area contributed by atoms with Crippen LogP contribution >= 0.6 is 0 Å². The first kappa shape index (κ1) is 14.9. The first-order valence-corrected chi connectivity index (χ1v) is 10.3. The van der Waals surface area contributed by atoms with Crippen molar-refractivity contribution >= 4 is 9.84 Å². The molecule has 0 bridgehead atoms. The molecule has 1 aromatic heterocycles. The third kappa shape index (κ3) is 2.94. The molecule has 0 radical (unpaired) electrons. The average molecular weight is 330 g/mol. The van der Waals surface area contributed by atoms with Gasteiger partial charge < -0.3 is 0 Å². The lowest BCUT2D eigenvalue weighted by atomic mass is 10.0. The maximum atomic E-state index is 11.9. The Kier molecular flexibility index (Phi) is 3.76. The molecule has 1 saturated carbocycles. The number of rotatable bonds is 3. The predicted molar refractivity (Wildman–Crippen MR) is 91.2 cm³/mol. The van der Waals surface area contributed by atoms with E-state index in [1.165, 1.54) is 25.7 Å². The standard InChI is InChI=1S/C18H22N2O2S/c21-23(22)11-10-16(13-23)20-18(15-8-2-1-3-9-15)12-17(19-20)14-6-4-5-7-14/h1-3,8-9,12,14,16H,4-7,10-11,13H2. The molecule has 0 N–H and O–H groups in total. The van der Waals surface area contributed by atoms with Gasteiger partial charge in [0.15, 0.2) is 9.84 Å². The highest BCUT2D eigenvalue weighted by molar-refractivity contribution is 7.91. The van der Waals surface area contributed by atoms with Gasteiger partial charge in [-0.15, -0.1) is 0 Å². The van der Waals surface area contributed by atoms with Crippen molar-refractivity contribution in [3.63, 3.8) is 0 Å². The van der Waals surface area contributed by atoms with E-state index < -0.39 is 9.84 Å². The van der Waals surface area contributed by atoms with E-state index in [9.17, 15) is 8.42 Å². The van der Waals surface area contributed by atoms with Gasteiger partial charge >= 0.3 is 0 Å². The topological polar surface area (TPSA) is 52.0 Å². The Labute approximate surface area is 137 Å². The van der Waals surface area contributed by atoms with E-state index in [0.717, 1.165) is 17.0 Å². The molecule has 1 aliphatic heterocycles. The van der Waals surface area contributed by atoms with E-state index in [1.807, 2.05) is 22.9 Å². The molecule has 1 saturated heterocycles. The summed E-state index contributed by atoms with van der Waals surface area (Å²) in [6.07, 6.45) is 5.63. The summed E-state index contributed by atoms with van der Waals surface area (Å²) in [5.41, 5.74) is 3.33. The largest absolute Gasteiger partial charge is 0.260 e. The lowest BCUT2D eigenvalue weighted by Gasteiger charge is -2.13. The molecular weight excluding hydrogens is 308 g/mol. The highest BCUT2D eigenvalue weighted by atomic mass is 32.2. The molecule has 4 rings (SSSR count). The molecule has 0 spiro atoms. The molecule has 2 aromatic rings. The summed E-state index contributed by atoms with van der Waals surface area (Å²) in [7, 11) is -2.91. The summed E-state index contributed by atoms with van der Waals surface area (Å²) >= 11 is 0. The molecule has 2 fully saturated rings. The molecule has 1 aliphatic carbocycles. The lowest BCUT2D eigenvalue weighted by molar-refractivity contribution is 0.494. The van der Waals surface area contributed by atoms with Crippen molar-refractivity contribution in [1.82, 2.24) is 9.78 Å². The van der Waals surface area contributed by atoms with E-state index in [4.69, 9.17) is 5.10 Å². The zero-order valence-corrected chi connectivity index (χ0v) is 14.0. The maximum absolute atomic E-state index is 11.9. The molecule has 4 nitrogen and oxygen atoms in total. The molecular formula is C18H22N2O2S. The van der Waals surface area contributed by atoms with Gasteiger partial charge in [0.05, 0.1) is 28.9 Å². The van der Waals surface area contributed by atoms with Crippen LogP contribution in [0, 0.1) is 0 Å². The van der Waals surface area contributed by atoms with Crippen LogP contribution in [0.25, 0.3) is 11.3 Å². The quantitative estimate of drug-likeness (QED) is 0.864. The zero-order valence-electron chi connectivity index (χ0n) is 13.2. The number of aromatic nitrogens is 2. The van der Waals surface area contributed by atoms with Crippen LogP contribution in [0.4, 0.5) is 0 Å². The van der Waals surface area contributed by atoms with Gasteiger partial charge in [-0.2, -0.15) is 5.10 Å². The molecule has 1 unspecified atom stereocenters. The molecule has 1 aromatic carbocycles. The predicted octanol–water partition coefficient (Wildman–Crippen LogP) is 3.57. The van der Waals surface area contributed by atoms with Crippen LogP contribution in [0.2, 0.25) is 0 Å². The van der Waals surface area contributed by atoms with Crippen LogP contribution in [0.5, 0.6) is 0 Å². The molecule has 2 aliphatic rings. The van der Waals surface area contributed by atoms with E-state index in [2.05, 4.69) is 18.2 Å². The summed E-state index contributed by atoms with van der Waals surface area (Å²) in [5, 5.41) is 4.87. The molecule has 0 amide bonds. The summed E-state index contributed by atoms with van der Waals surface area (Å²) in [6.45, 7) is 0. The third-order valence-electron chi connectivity index (χ3n) is 5.15. The molecule has 5 heteroatoms. The van der Waals surface area contributed by atoms with Gasteiger partial charge in [0.1, 0.15) is 0 Å². The minimum absolute atomic E-state index is 0.0228. The van der Waals surface area contributed by atoms with Gasteiger partial charge in [0.25, 0.3) is 0 Å². The minimum Gasteiger partial charge on any atom is -0.260 e. The molecule has 2 heterocycles. The third-order valence-corrected chi connectivity index (χ3v) is 6.90. The fourth-order valence-corrected chi connectivity index (χ4v) is 5.60. The van der Waals surface area contributed by atoms with Gasteiger partial charge in [-0.3, -0.25) is 4.68 Å². The highest BCUT2D eigenvalue weighted by Crippen LogP contribution is 2.37.